The number of fused-ring (bicyclic) bond motifs is 12. The van der Waals surface area contributed by atoms with E-state index in [0.29, 0.717) is 0 Å². The zero-order valence-corrected chi connectivity index (χ0v) is 48.3. The monoisotopic (exact) mass is 1100 g/mol. The van der Waals surface area contributed by atoms with E-state index >= 15 is 0 Å². The Hall–Kier alpha value is -10.0. The average Bonchev–Trinajstić information content (AvgIpc) is 2.31. The molecule has 0 aromatic heterocycles. The van der Waals surface area contributed by atoms with Gasteiger partial charge in [0, 0.05) is 45.0 Å². The van der Waals surface area contributed by atoms with Crippen molar-refractivity contribution < 1.29 is 0 Å². The molecular formula is C84H64N2. The molecular weight excluding hydrogens is 1040 g/mol. The number of nitrogens with zero attached hydrogens (tertiary/aromatic N) is 2. The van der Waals surface area contributed by atoms with Gasteiger partial charge in [0.1, 0.15) is 0 Å². The fourth-order valence-electron chi connectivity index (χ4n) is 16.0. The summed E-state index contributed by atoms with van der Waals surface area (Å²) < 4.78 is 0. The van der Waals surface area contributed by atoms with E-state index in [-0.39, 0.29) is 10.8 Å². The van der Waals surface area contributed by atoms with Crippen LogP contribution in [0.15, 0.2) is 291 Å². The van der Waals surface area contributed by atoms with Gasteiger partial charge in [0.05, 0.1) is 0 Å². The molecule has 0 saturated heterocycles. The van der Waals surface area contributed by atoms with Crippen LogP contribution < -0.4 is 9.80 Å². The van der Waals surface area contributed by atoms with Gasteiger partial charge in [0.25, 0.3) is 0 Å². The molecule has 0 heterocycles. The van der Waals surface area contributed by atoms with E-state index in [9.17, 15) is 0 Å². The first kappa shape index (κ1) is 50.5. The van der Waals surface area contributed by atoms with E-state index in [2.05, 4.69) is 301 Å². The standard InChI is InChI=1S/C84H64N2/c1-3-17-63-53-65(27-25-57(63)15-1)59-29-37-67(38-30-59)85(71-45-47-77-75-21-7-9-23-79(75)83(81(77)55-71)49-11-12-50-83)69-41-33-61(34-42-69)73-19-5-6-20-74(73)62-35-43-70(44-36-62)86(68-39-31-60(32-40-68)66-28-26-58-16-2-4-18-64(58)54-66)72-46-48-78-76-22-8-10-24-80(76)84(82(78)56-72)51-13-14-52-84/h1-10,15-48,53-56H,11-14,49-52H2. The van der Waals surface area contributed by atoms with Crippen LogP contribution in [0.3, 0.4) is 0 Å². The van der Waals surface area contributed by atoms with Crippen molar-refractivity contribution in [1.82, 2.24) is 0 Å². The Labute approximate surface area is 505 Å². The van der Waals surface area contributed by atoms with Gasteiger partial charge in [-0.1, -0.05) is 232 Å². The van der Waals surface area contributed by atoms with Crippen LogP contribution in [0.5, 0.6) is 0 Å². The second-order valence-electron chi connectivity index (χ2n) is 24.7. The molecule has 13 aromatic carbocycles. The molecule has 2 nitrogen and oxygen atoms in total. The van der Waals surface area contributed by atoms with Gasteiger partial charge in [-0.25, -0.2) is 0 Å². The van der Waals surface area contributed by atoms with Crippen LogP contribution in [-0.4, -0.2) is 0 Å². The van der Waals surface area contributed by atoms with Gasteiger partial charge in [-0.15, -0.1) is 0 Å². The largest absolute Gasteiger partial charge is 0.310 e. The predicted octanol–water partition coefficient (Wildman–Crippen LogP) is 23.3. The third-order valence-corrected chi connectivity index (χ3v) is 20.2. The maximum Gasteiger partial charge on any atom is 0.0465 e. The number of rotatable bonds is 10. The van der Waals surface area contributed by atoms with Crippen molar-refractivity contribution in [3.8, 4) is 66.8 Å². The van der Waals surface area contributed by atoms with E-state index < -0.39 is 0 Å². The Morgan fingerprint density at radius 1 is 0.198 bits per heavy atom. The summed E-state index contributed by atoms with van der Waals surface area (Å²) in [7, 11) is 0. The molecule has 13 aromatic rings. The van der Waals surface area contributed by atoms with Gasteiger partial charge >= 0.3 is 0 Å². The minimum atomic E-state index is 0.0648. The SMILES string of the molecule is c1ccc(-c2ccc(N(c3ccc(-c4ccc5ccccc5c4)cc3)c3ccc4c(c3)C3(CCCC3)c3ccccc3-4)cc2)c(-c2ccc(N(c3ccc(-c4ccc5ccccc5c4)cc3)c3ccc4c(c3)C3(CCCC3)c3ccccc3-4)cc2)c1. The van der Waals surface area contributed by atoms with Crippen LogP contribution in [0.4, 0.5) is 34.1 Å². The molecule has 0 atom stereocenters. The molecule has 4 aliphatic carbocycles. The minimum absolute atomic E-state index is 0.0648. The molecule has 0 amide bonds. The Bertz CT molecular complexity index is 4440. The Balaban J connectivity index is 0.726. The highest BCUT2D eigenvalue weighted by Gasteiger charge is 2.46. The van der Waals surface area contributed by atoms with Crippen LogP contribution >= 0.6 is 0 Å². The van der Waals surface area contributed by atoms with Crippen molar-refractivity contribution in [3.05, 3.63) is 313 Å². The third-order valence-electron chi connectivity index (χ3n) is 20.2. The average molecular weight is 1100 g/mol. The quantitative estimate of drug-likeness (QED) is 0.135. The smallest absolute Gasteiger partial charge is 0.0465 e. The van der Waals surface area contributed by atoms with Crippen molar-refractivity contribution in [2.45, 2.75) is 62.2 Å². The first-order valence-electron chi connectivity index (χ1n) is 31.1. The zero-order valence-electron chi connectivity index (χ0n) is 48.3. The highest BCUT2D eigenvalue weighted by molar-refractivity contribution is 5.93. The second-order valence-corrected chi connectivity index (χ2v) is 24.7. The molecule has 2 spiro atoms. The zero-order chi connectivity index (χ0) is 56.8. The van der Waals surface area contributed by atoms with Gasteiger partial charge < -0.3 is 9.80 Å². The Kier molecular flexibility index (Phi) is 12.0. The molecule has 2 fully saturated rings. The second kappa shape index (κ2) is 20.4. The molecule has 2 saturated carbocycles. The Morgan fingerprint density at radius 3 is 0.872 bits per heavy atom. The van der Waals surface area contributed by atoms with E-state index in [1.165, 1.54) is 173 Å². The molecule has 17 rings (SSSR count). The fourth-order valence-corrected chi connectivity index (χ4v) is 16.0. The lowest BCUT2D eigenvalue weighted by molar-refractivity contribution is 0.550. The van der Waals surface area contributed by atoms with E-state index in [1.54, 1.807) is 0 Å². The lowest BCUT2D eigenvalue weighted by atomic mass is 9.76. The van der Waals surface area contributed by atoms with Crippen molar-refractivity contribution in [2.75, 3.05) is 9.80 Å². The van der Waals surface area contributed by atoms with E-state index in [4.69, 9.17) is 0 Å². The van der Waals surface area contributed by atoms with Gasteiger partial charge in [0.15, 0.2) is 0 Å². The van der Waals surface area contributed by atoms with Crippen LogP contribution in [0.25, 0.3) is 88.3 Å². The summed E-state index contributed by atoms with van der Waals surface area (Å²) in [6, 6.07) is 110. The molecule has 4 aliphatic rings. The summed E-state index contributed by atoms with van der Waals surface area (Å²) in [5.74, 6) is 0. The predicted molar refractivity (Wildman–Crippen MR) is 362 cm³/mol. The van der Waals surface area contributed by atoms with Gasteiger partial charge in [-0.2, -0.15) is 0 Å². The molecule has 0 aliphatic heterocycles. The summed E-state index contributed by atoms with van der Waals surface area (Å²) in [6.45, 7) is 0. The lowest BCUT2D eigenvalue weighted by Gasteiger charge is -2.30. The molecule has 86 heavy (non-hydrogen) atoms. The fraction of sp³-hybridized carbons (Fsp3) is 0.119. The van der Waals surface area contributed by atoms with Crippen LogP contribution in [0.1, 0.15) is 73.6 Å². The normalized spacial score (nSPS) is 14.8. The number of hydrogen-bond donors (Lipinski definition) is 0. The highest BCUT2D eigenvalue weighted by atomic mass is 15.1. The summed E-state index contributed by atoms with van der Waals surface area (Å²) in [5.41, 5.74) is 28.3. The molecule has 2 heteroatoms. The van der Waals surface area contributed by atoms with E-state index in [0.717, 1.165) is 22.7 Å². The summed E-state index contributed by atoms with van der Waals surface area (Å²) in [6.07, 6.45) is 9.83. The van der Waals surface area contributed by atoms with E-state index in [1.807, 2.05) is 0 Å². The third kappa shape index (κ3) is 8.22. The number of hydrogen-bond acceptors (Lipinski definition) is 2. The molecule has 0 N–H and O–H groups in total. The molecule has 410 valence electrons. The number of benzene rings is 13. The summed E-state index contributed by atoms with van der Waals surface area (Å²) >= 11 is 0. The van der Waals surface area contributed by atoms with Crippen molar-refractivity contribution in [2.24, 2.45) is 0 Å². The first-order chi connectivity index (χ1) is 42.5. The van der Waals surface area contributed by atoms with Crippen molar-refractivity contribution in [3.63, 3.8) is 0 Å². The number of anilines is 6. The van der Waals surface area contributed by atoms with Crippen molar-refractivity contribution in [1.29, 1.82) is 0 Å². The van der Waals surface area contributed by atoms with Crippen molar-refractivity contribution >= 4 is 55.7 Å². The summed E-state index contributed by atoms with van der Waals surface area (Å²) in [5, 5.41) is 5.03. The minimum Gasteiger partial charge on any atom is -0.310 e. The molecule has 0 bridgehead atoms. The van der Waals surface area contributed by atoms with Gasteiger partial charge in [-0.05, 0) is 221 Å². The maximum absolute atomic E-state index is 2.53. The highest BCUT2D eigenvalue weighted by Crippen LogP contribution is 2.60. The van der Waals surface area contributed by atoms with Crippen LogP contribution in [0.2, 0.25) is 0 Å². The van der Waals surface area contributed by atoms with Gasteiger partial charge in [-0.3, -0.25) is 0 Å². The topological polar surface area (TPSA) is 6.48 Å². The Morgan fingerprint density at radius 2 is 0.488 bits per heavy atom. The summed E-state index contributed by atoms with van der Waals surface area (Å²) in [4.78, 5) is 4.95. The lowest BCUT2D eigenvalue weighted by Crippen LogP contribution is -2.21. The van der Waals surface area contributed by atoms with Crippen LogP contribution in [0, 0.1) is 0 Å². The molecule has 0 unspecified atom stereocenters. The maximum atomic E-state index is 2.53. The first-order valence-corrected chi connectivity index (χ1v) is 31.1. The van der Waals surface area contributed by atoms with Crippen LogP contribution in [-0.2, 0) is 10.8 Å². The van der Waals surface area contributed by atoms with Gasteiger partial charge in [0.2, 0.25) is 0 Å². The molecule has 0 radical (unpaired) electrons.